The molecule has 4 nitrogen and oxygen atoms in total. The first kappa shape index (κ1) is 15.9. The molecule has 0 aromatic rings. The van der Waals surface area contributed by atoms with E-state index in [1.807, 2.05) is 27.7 Å². The van der Waals surface area contributed by atoms with Gasteiger partial charge in [0.25, 0.3) is 0 Å². The molecule has 100 valence electrons. The molecule has 0 fully saturated rings. The van der Waals surface area contributed by atoms with E-state index in [1.165, 1.54) is 0 Å². The molecule has 0 saturated heterocycles. The van der Waals surface area contributed by atoms with Gasteiger partial charge in [-0.05, 0) is 33.6 Å². The Labute approximate surface area is 104 Å². The summed E-state index contributed by atoms with van der Waals surface area (Å²) in [5, 5.41) is 0. The molecule has 17 heavy (non-hydrogen) atoms. The third-order valence-electron chi connectivity index (χ3n) is 2.85. The summed E-state index contributed by atoms with van der Waals surface area (Å²) in [4.78, 5) is 25.3. The van der Waals surface area contributed by atoms with Gasteiger partial charge in [0.05, 0.1) is 6.61 Å². The Morgan fingerprint density at radius 3 is 2.00 bits per heavy atom. The molecule has 0 unspecified atom stereocenters. The number of rotatable bonds is 7. The highest BCUT2D eigenvalue weighted by Crippen LogP contribution is 2.14. The van der Waals surface area contributed by atoms with Gasteiger partial charge in [0, 0.05) is 12.0 Å². The van der Waals surface area contributed by atoms with Gasteiger partial charge in [-0.2, -0.15) is 0 Å². The van der Waals surface area contributed by atoms with E-state index in [4.69, 9.17) is 4.74 Å². The molecule has 0 rings (SSSR count). The smallest absolute Gasteiger partial charge is 0.325 e. The summed E-state index contributed by atoms with van der Waals surface area (Å²) in [5.41, 5.74) is 0. The van der Waals surface area contributed by atoms with Gasteiger partial charge < -0.3 is 9.64 Å². The van der Waals surface area contributed by atoms with Crippen LogP contribution < -0.4 is 0 Å². The molecule has 4 heteroatoms. The predicted octanol–water partition coefficient (Wildman–Crippen LogP) is 2.22. The Bertz CT molecular complexity index is 247. The minimum absolute atomic E-state index is 0.00632. The molecule has 0 N–H and O–H groups in total. The average Bonchev–Trinajstić information content (AvgIpc) is 2.27. The Hall–Kier alpha value is -1.06. The average molecular weight is 243 g/mol. The number of amides is 1. The molecule has 0 aliphatic carbocycles. The lowest BCUT2D eigenvalue weighted by Gasteiger charge is -2.29. The van der Waals surface area contributed by atoms with Crippen LogP contribution in [0.25, 0.3) is 0 Å². The molecule has 0 aliphatic rings. The number of esters is 1. The van der Waals surface area contributed by atoms with Crippen LogP contribution in [0, 0.1) is 5.92 Å². The zero-order valence-electron chi connectivity index (χ0n) is 11.7. The van der Waals surface area contributed by atoms with Crippen LogP contribution in [-0.4, -0.2) is 36.0 Å². The third kappa shape index (κ3) is 5.20. The van der Waals surface area contributed by atoms with Crippen LogP contribution in [0.4, 0.5) is 0 Å². The van der Waals surface area contributed by atoms with Gasteiger partial charge in [0.1, 0.15) is 6.54 Å². The maximum absolute atomic E-state index is 12.2. The molecule has 0 aromatic carbocycles. The summed E-state index contributed by atoms with van der Waals surface area (Å²) < 4.78 is 4.89. The molecule has 0 radical (unpaired) electrons. The van der Waals surface area contributed by atoms with Crippen molar-refractivity contribution in [1.82, 2.24) is 4.90 Å². The van der Waals surface area contributed by atoms with Gasteiger partial charge in [-0.3, -0.25) is 9.59 Å². The zero-order chi connectivity index (χ0) is 13.4. The first-order chi connectivity index (χ1) is 7.97. The fourth-order valence-electron chi connectivity index (χ4n) is 1.73. The number of carbonyl (C=O) groups is 2. The van der Waals surface area contributed by atoms with E-state index in [-0.39, 0.29) is 30.4 Å². The maximum Gasteiger partial charge on any atom is 0.325 e. The fourth-order valence-corrected chi connectivity index (χ4v) is 1.73. The third-order valence-corrected chi connectivity index (χ3v) is 2.85. The van der Waals surface area contributed by atoms with Crippen molar-refractivity contribution in [1.29, 1.82) is 0 Å². The summed E-state index contributed by atoms with van der Waals surface area (Å²) in [6.07, 6.45) is 1.61. The molecule has 0 atom stereocenters. The molecule has 1 amide bonds. The largest absolute Gasteiger partial charge is 0.465 e. The summed E-state index contributed by atoms with van der Waals surface area (Å²) >= 11 is 0. The number of hydrogen-bond acceptors (Lipinski definition) is 3. The van der Waals surface area contributed by atoms with Crippen LogP contribution in [0.5, 0.6) is 0 Å². The van der Waals surface area contributed by atoms with E-state index >= 15 is 0 Å². The lowest BCUT2D eigenvalue weighted by atomic mass is 10.0. The standard InChI is InChI=1S/C13H25NO3/c1-6-11(7-2)13(16)14(10(4)5)9-12(15)17-8-3/h10-11H,6-9H2,1-5H3. The zero-order valence-corrected chi connectivity index (χ0v) is 11.7. The Morgan fingerprint density at radius 1 is 1.12 bits per heavy atom. The highest BCUT2D eigenvalue weighted by Gasteiger charge is 2.25. The Kier molecular flexibility index (Phi) is 7.59. The van der Waals surface area contributed by atoms with Crippen molar-refractivity contribution in [2.75, 3.05) is 13.2 Å². The normalized spacial score (nSPS) is 10.8. The quantitative estimate of drug-likeness (QED) is 0.644. The van der Waals surface area contributed by atoms with Gasteiger partial charge in [-0.1, -0.05) is 13.8 Å². The topological polar surface area (TPSA) is 46.6 Å². The van der Waals surface area contributed by atoms with Gasteiger partial charge in [-0.25, -0.2) is 0 Å². The van der Waals surface area contributed by atoms with Crippen molar-refractivity contribution in [2.24, 2.45) is 5.92 Å². The van der Waals surface area contributed by atoms with Gasteiger partial charge >= 0.3 is 5.97 Å². The number of hydrogen-bond donors (Lipinski definition) is 0. The fraction of sp³-hybridized carbons (Fsp3) is 0.846. The highest BCUT2D eigenvalue weighted by atomic mass is 16.5. The van der Waals surface area contributed by atoms with Crippen molar-refractivity contribution in [3.8, 4) is 0 Å². The van der Waals surface area contributed by atoms with Crippen LogP contribution in [-0.2, 0) is 14.3 Å². The highest BCUT2D eigenvalue weighted by molar-refractivity contribution is 5.83. The van der Waals surface area contributed by atoms with E-state index in [0.29, 0.717) is 6.61 Å². The summed E-state index contributed by atoms with van der Waals surface area (Å²) in [6, 6.07) is 0.0208. The van der Waals surface area contributed by atoms with Crippen LogP contribution in [0.2, 0.25) is 0 Å². The van der Waals surface area contributed by atoms with E-state index in [2.05, 4.69) is 0 Å². The van der Waals surface area contributed by atoms with Crippen molar-refractivity contribution in [3.63, 3.8) is 0 Å². The van der Waals surface area contributed by atoms with E-state index < -0.39 is 0 Å². The lowest BCUT2D eigenvalue weighted by molar-refractivity contribution is -0.151. The second-order valence-corrected chi connectivity index (χ2v) is 4.38. The number of nitrogens with zero attached hydrogens (tertiary/aromatic N) is 1. The maximum atomic E-state index is 12.2. The molecule has 0 bridgehead atoms. The van der Waals surface area contributed by atoms with Gasteiger partial charge in [0.15, 0.2) is 0 Å². The van der Waals surface area contributed by atoms with Crippen molar-refractivity contribution < 1.29 is 14.3 Å². The summed E-state index contributed by atoms with van der Waals surface area (Å²) in [7, 11) is 0. The molecule has 0 saturated carbocycles. The Morgan fingerprint density at radius 2 is 1.65 bits per heavy atom. The monoisotopic (exact) mass is 243 g/mol. The molecular formula is C13H25NO3. The minimum atomic E-state index is -0.333. The SMILES string of the molecule is CCOC(=O)CN(C(=O)C(CC)CC)C(C)C. The van der Waals surface area contributed by atoms with Crippen LogP contribution >= 0.6 is 0 Å². The van der Waals surface area contributed by atoms with E-state index in [1.54, 1.807) is 11.8 Å². The van der Waals surface area contributed by atoms with E-state index in [0.717, 1.165) is 12.8 Å². The second kappa shape index (κ2) is 8.09. The predicted molar refractivity (Wildman–Crippen MR) is 67.6 cm³/mol. The Balaban J connectivity index is 4.62. The van der Waals surface area contributed by atoms with Crippen LogP contribution in [0.15, 0.2) is 0 Å². The number of carbonyl (C=O) groups excluding carboxylic acids is 2. The lowest BCUT2D eigenvalue weighted by Crippen LogP contribution is -2.44. The molecule has 0 aromatic heterocycles. The summed E-state index contributed by atoms with van der Waals surface area (Å²) in [5.74, 6) is -0.273. The number of ether oxygens (including phenoxy) is 1. The minimum Gasteiger partial charge on any atom is -0.465 e. The first-order valence-electron chi connectivity index (χ1n) is 6.43. The second-order valence-electron chi connectivity index (χ2n) is 4.38. The molecular weight excluding hydrogens is 218 g/mol. The molecule has 0 heterocycles. The summed E-state index contributed by atoms with van der Waals surface area (Å²) in [6.45, 7) is 9.99. The van der Waals surface area contributed by atoms with Gasteiger partial charge in [0.2, 0.25) is 5.91 Å². The molecule has 0 aliphatic heterocycles. The van der Waals surface area contributed by atoms with Crippen LogP contribution in [0.3, 0.4) is 0 Å². The first-order valence-corrected chi connectivity index (χ1v) is 6.43. The van der Waals surface area contributed by atoms with Crippen molar-refractivity contribution >= 4 is 11.9 Å². The van der Waals surface area contributed by atoms with Gasteiger partial charge in [-0.15, -0.1) is 0 Å². The van der Waals surface area contributed by atoms with Crippen molar-refractivity contribution in [3.05, 3.63) is 0 Å². The molecule has 0 spiro atoms. The van der Waals surface area contributed by atoms with Crippen LogP contribution in [0.1, 0.15) is 47.5 Å². The van der Waals surface area contributed by atoms with E-state index in [9.17, 15) is 9.59 Å². The van der Waals surface area contributed by atoms with Crippen molar-refractivity contribution in [2.45, 2.75) is 53.5 Å².